The average Bonchev–Trinajstić information content (AvgIpc) is 3.37. The lowest BCUT2D eigenvalue weighted by atomic mass is 9.98. The van der Waals surface area contributed by atoms with Gasteiger partial charge in [-0.3, -0.25) is 14.6 Å². The molecule has 1 atom stereocenters. The highest BCUT2D eigenvalue weighted by molar-refractivity contribution is 9.10. The van der Waals surface area contributed by atoms with E-state index < -0.39 is 17.7 Å². The number of nitrogens with zero attached hydrogens (tertiary/aromatic N) is 4. The van der Waals surface area contributed by atoms with E-state index in [0.717, 1.165) is 4.47 Å². The molecule has 2 aromatic heterocycles. The molecule has 4 rings (SSSR count). The number of aryl methyl sites for hydroxylation is 1. The smallest absolute Gasteiger partial charge is 0.295 e. The topological polar surface area (TPSA) is 88.3 Å². The number of imidazole rings is 1. The summed E-state index contributed by atoms with van der Waals surface area (Å²) < 4.78 is 2.76. The van der Waals surface area contributed by atoms with Gasteiger partial charge in [0.1, 0.15) is 11.8 Å². The van der Waals surface area contributed by atoms with Crippen molar-refractivity contribution < 1.29 is 14.7 Å². The number of aliphatic hydroxyl groups is 1. The summed E-state index contributed by atoms with van der Waals surface area (Å²) in [5.41, 5.74) is 1.07. The molecule has 1 amide bonds. The van der Waals surface area contributed by atoms with Crippen molar-refractivity contribution in [2.75, 3.05) is 6.54 Å². The fourth-order valence-electron chi connectivity index (χ4n) is 3.56. The number of aliphatic hydroxyl groups excluding tert-OH is 1. The maximum Gasteiger partial charge on any atom is 0.295 e. The van der Waals surface area contributed by atoms with Crippen LogP contribution in [0.2, 0.25) is 0 Å². The Morgan fingerprint density at radius 1 is 1.07 bits per heavy atom. The van der Waals surface area contributed by atoms with Crippen LogP contribution in [0, 0.1) is 0 Å². The lowest BCUT2D eigenvalue weighted by Crippen LogP contribution is -2.31. The van der Waals surface area contributed by atoms with Crippen molar-refractivity contribution in [3.8, 4) is 0 Å². The van der Waals surface area contributed by atoms with Gasteiger partial charge in [-0.25, -0.2) is 4.98 Å². The van der Waals surface area contributed by atoms with Gasteiger partial charge >= 0.3 is 0 Å². The molecule has 7 nitrogen and oxygen atoms in total. The first-order chi connectivity index (χ1) is 14.6. The highest BCUT2D eigenvalue weighted by Gasteiger charge is 2.46. The van der Waals surface area contributed by atoms with Crippen molar-refractivity contribution in [3.05, 3.63) is 88.7 Å². The zero-order valence-electron chi connectivity index (χ0n) is 16.0. The number of likely N-dealkylation sites (tertiary alicyclic amines) is 1. The van der Waals surface area contributed by atoms with Crippen molar-refractivity contribution in [2.24, 2.45) is 0 Å². The zero-order chi connectivity index (χ0) is 21.1. The van der Waals surface area contributed by atoms with Crippen LogP contribution in [0.1, 0.15) is 23.7 Å². The van der Waals surface area contributed by atoms with Gasteiger partial charge in [0, 0.05) is 41.7 Å². The molecule has 1 aliphatic heterocycles. The summed E-state index contributed by atoms with van der Waals surface area (Å²) in [5, 5.41) is 10.9. The fraction of sp³-hybridized carbons (Fsp3) is 0.182. The first-order valence-electron chi connectivity index (χ1n) is 9.47. The molecule has 1 N–H and O–H groups in total. The van der Waals surface area contributed by atoms with Crippen LogP contribution < -0.4 is 0 Å². The third-order valence-electron chi connectivity index (χ3n) is 5.00. The standard InChI is InChI=1S/C22H19BrN4O3/c23-16-7-5-15(6-8-16)20(28)18-19(17-4-1-2-9-25-17)27(22(30)21(18)29)12-3-11-26-13-10-24-14-26/h1-2,4-10,13-14,19,28H,3,11-12H2/b20-18+/t19-/m1/s1. The molecule has 1 fully saturated rings. The van der Waals surface area contributed by atoms with Gasteiger partial charge in [-0.15, -0.1) is 0 Å². The molecule has 0 spiro atoms. The molecule has 8 heteroatoms. The number of ketones is 1. The minimum Gasteiger partial charge on any atom is -0.507 e. The number of aromatic nitrogens is 3. The van der Waals surface area contributed by atoms with E-state index in [1.807, 2.05) is 10.8 Å². The van der Waals surface area contributed by atoms with Gasteiger partial charge in [-0.05, 0) is 30.7 Å². The fourth-order valence-corrected chi connectivity index (χ4v) is 3.83. The summed E-state index contributed by atoms with van der Waals surface area (Å²) in [5.74, 6) is -1.53. The zero-order valence-corrected chi connectivity index (χ0v) is 17.6. The minimum atomic E-state index is -0.738. The molecule has 0 radical (unpaired) electrons. The van der Waals surface area contributed by atoms with E-state index in [4.69, 9.17) is 0 Å². The van der Waals surface area contributed by atoms with E-state index in [0.29, 0.717) is 30.8 Å². The van der Waals surface area contributed by atoms with Crippen molar-refractivity contribution >= 4 is 33.4 Å². The minimum absolute atomic E-state index is 0.0589. The number of pyridine rings is 1. The SMILES string of the molecule is O=C1C(=O)N(CCCn2ccnc2)[C@H](c2ccccn2)/C1=C(\O)c1ccc(Br)cc1. The highest BCUT2D eigenvalue weighted by atomic mass is 79.9. The van der Waals surface area contributed by atoms with E-state index in [9.17, 15) is 14.7 Å². The first kappa shape index (κ1) is 20.0. The number of carbonyl (C=O) groups is 2. The number of hydrogen-bond donors (Lipinski definition) is 1. The second-order valence-corrected chi connectivity index (χ2v) is 7.82. The van der Waals surface area contributed by atoms with E-state index in [1.165, 1.54) is 4.90 Å². The van der Waals surface area contributed by atoms with Gasteiger partial charge in [-0.2, -0.15) is 0 Å². The molecule has 3 aromatic rings. The van der Waals surface area contributed by atoms with Gasteiger partial charge in [0.2, 0.25) is 0 Å². The number of Topliss-reactive ketones (excluding diaryl/α,β-unsaturated/α-hetero) is 1. The first-order valence-corrected chi connectivity index (χ1v) is 10.3. The molecule has 1 saturated heterocycles. The summed E-state index contributed by atoms with van der Waals surface area (Å²) in [6, 6.07) is 11.5. The molecule has 152 valence electrons. The summed E-state index contributed by atoms with van der Waals surface area (Å²) in [6.07, 6.45) is 7.49. The predicted molar refractivity (Wildman–Crippen MR) is 114 cm³/mol. The molecule has 0 aliphatic carbocycles. The maximum atomic E-state index is 12.9. The highest BCUT2D eigenvalue weighted by Crippen LogP contribution is 2.38. The van der Waals surface area contributed by atoms with E-state index in [2.05, 4.69) is 25.9 Å². The number of carbonyl (C=O) groups excluding carboxylic acids is 2. The Balaban J connectivity index is 1.71. The second kappa shape index (κ2) is 8.62. The van der Waals surface area contributed by atoms with E-state index in [-0.39, 0.29) is 11.3 Å². The van der Waals surface area contributed by atoms with Gasteiger partial charge in [0.25, 0.3) is 11.7 Å². The lowest BCUT2D eigenvalue weighted by Gasteiger charge is -2.24. The molecule has 3 heterocycles. The van der Waals surface area contributed by atoms with Gasteiger partial charge in [0.05, 0.1) is 17.6 Å². The summed E-state index contributed by atoms with van der Waals surface area (Å²) >= 11 is 3.36. The Bertz CT molecular complexity index is 1080. The van der Waals surface area contributed by atoms with Gasteiger partial charge in [-0.1, -0.05) is 34.1 Å². The summed E-state index contributed by atoms with van der Waals surface area (Å²) in [6.45, 7) is 1.01. The van der Waals surface area contributed by atoms with Crippen LogP contribution in [0.25, 0.3) is 5.76 Å². The van der Waals surface area contributed by atoms with Crippen molar-refractivity contribution in [1.29, 1.82) is 0 Å². The second-order valence-electron chi connectivity index (χ2n) is 6.91. The van der Waals surface area contributed by atoms with Gasteiger partial charge < -0.3 is 14.6 Å². The van der Waals surface area contributed by atoms with E-state index in [1.54, 1.807) is 61.2 Å². The molecule has 30 heavy (non-hydrogen) atoms. The Morgan fingerprint density at radius 2 is 1.87 bits per heavy atom. The van der Waals surface area contributed by atoms with Crippen LogP contribution >= 0.6 is 15.9 Å². The molecular weight excluding hydrogens is 448 g/mol. The van der Waals surface area contributed by atoms with Crippen LogP contribution in [-0.4, -0.2) is 42.8 Å². The number of benzene rings is 1. The lowest BCUT2D eigenvalue weighted by molar-refractivity contribution is -0.140. The number of amides is 1. The Kier molecular flexibility index (Phi) is 5.76. The van der Waals surface area contributed by atoms with Crippen molar-refractivity contribution in [1.82, 2.24) is 19.4 Å². The van der Waals surface area contributed by atoms with E-state index >= 15 is 0 Å². The largest absolute Gasteiger partial charge is 0.507 e. The third-order valence-corrected chi connectivity index (χ3v) is 5.53. The number of hydrogen-bond acceptors (Lipinski definition) is 5. The molecular formula is C22H19BrN4O3. The number of rotatable bonds is 6. The molecule has 0 saturated carbocycles. The van der Waals surface area contributed by atoms with Crippen molar-refractivity contribution in [3.63, 3.8) is 0 Å². The summed E-state index contributed by atoms with van der Waals surface area (Å²) in [4.78, 5) is 35.6. The third kappa shape index (κ3) is 3.91. The normalized spacial score (nSPS) is 18.2. The van der Waals surface area contributed by atoms with Crippen molar-refractivity contribution in [2.45, 2.75) is 19.0 Å². The monoisotopic (exact) mass is 466 g/mol. The van der Waals surface area contributed by atoms with Crippen LogP contribution in [0.5, 0.6) is 0 Å². The molecule has 1 aromatic carbocycles. The average molecular weight is 467 g/mol. The van der Waals surface area contributed by atoms with Crippen LogP contribution in [0.15, 0.2) is 77.4 Å². The quantitative estimate of drug-likeness (QED) is 0.340. The Morgan fingerprint density at radius 3 is 2.53 bits per heavy atom. The maximum absolute atomic E-state index is 12.9. The summed E-state index contributed by atoms with van der Waals surface area (Å²) in [7, 11) is 0. The molecule has 0 bridgehead atoms. The van der Waals surface area contributed by atoms with Crippen LogP contribution in [-0.2, 0) is 16.1 Å². The van der Waals surface area contributed by atoms with Gasteiger partial charge in [0.15, 0.2) is 0 Å². The Labute approximate surface area is 181 Å². The molecule has 1 aliphatic rings. The number of halogens is 1. The van der Waals surface area contributed by atoms with Crippen LogP contribution in [0.3, 0.4) is 0 Å². The molecule has 0 unspecified atom stereocenters. The van der Waals surface area contributed by atoms with Crippen LogP contribution in [0.4, 0.5) is 0 Å². The Hall–Kier alpha value is -3.26. The predicted octanol–water partition coefficient (Wildman–Crippen LogP) is 3.55.